The number of aromatic nitrogens is 7. The van der Waals surface area contributed by atoms with E-state index in [1.165, 1.54) is 81.8 Å². The molecule has 0 bridgehead atoms. The number of H-pyrrole nitrogens is 1. The van der Waals surface area contributed by atoms with Crippen LogP contribution < -0.4 is 37.9 Å². The molecule has 17 atom stereocenters. The van der Waals surface area contributed by atoms with Crippen molar-refractivity contribution in [3.05, 3.63) is 34.8 Å². The SMILES string of the molecule is C.CC(=O)NC(CCCSSCC(C)OC(=O)Nc1ncnc2c1ncn2C1CC(O)C(COP(=O)(O)OP(=O)(O)OP(=O)(O)O)O1)C(=O)NCCCCCC(=O)CC(C)C(=O)O.CCC(NC(=O)C(CC(=O)O)CC(=O)C(CCCSSCC(C)OC(=O)n1cc(C2CC(O)C(COP(=O)(O)OP(=O)(O)OP(=O)(O)O)O2)c2nc(N)[nH]c(=O)c21)NC(C)=O)C(=O)O. The lowest BCUT2D eigenvalue weighted by Gasteiger charge is -2.21. The van der Waals surface area contributed by atoms with Crippen LogP contribution in [0.25, 0.3) is 22.2 Å². The molecule has 6 rings (SSSR count). The van der Waals surface area contributed by atoms with Gasteiger partial charge in [-0.25, -0.2) is 66.3 Å². The van der Waals surface area contributed by atoms with E-state index in [9.17, 15) is 125 Å². The highest BCUT2D eigenvalue weighted by atomic mass is 33.1. The molecular formula is C63H101N13O41P6S4. The molecule has 54 nitrogen and oxygen atoms in total. The second-order valence-electron chi connectivity index (χ2n) is 27.7. The maximum atomic E-state index is 13.4. The minimum absolute atomic E-state index is 0. The van der Waals surface area contributed by atoms with Crippen LogP contribution in [0.3, 0.4) is 0 Å². The van der Waals surface area contributed by atoms with Gasteiger partial charge in [0, 0.05) is 87.3 Å². The molecule has 0 aliphatic carbocycles. The van der Waals surface area contributed by atoms with Gasteiger partial charge in [0.1, 0.15) is 65.9 Å². The number of carbonyl (C=O) groups is 11. The molecule has 2 saturated heterocycles. The second kappa shape index (κ2) is 51.9. The Morgan fingerprint density at radius 2 is 1.19 bits per heavy atom. The van der Waals surface area contributed by atoms with E-state index < -0.39 is 205 Å². The van der Waals surface area contributed by atoms with Gasteiger partial charge in [-0.3, -0.25) is 67.1 Å². The monoisotopic (exact) mass is 2010 g/mol. The van der Waals surface area contributed by atoms with Crippen molar-refractivity contribution >= 4 is 189 Å². The topological polar surface area (TPSA) is 826 Å². The molecular weight excluding hydrogens is 1910 g/mol. The van der Waals surface area contributed by atoms with Gasteiger partial charge in [-0.2, -0.15) is 17.2 Å². The summed E-state index contributed by atoms with van der Waals surface area (Å²) in [5.41, 5.74) is 4.67. The summed E-state index contributed by atoms with van der Waals surface area (Å²) in [7, 11) is -28.3. The number of nitrogens with one attached hydrogen (secondary N) is 6. The molecule has 64 heteroatoms. The van der Waals surface area contributed by atoms with Crippen molar-refractivity contribution in [3.63, 3.8) is 0 Å². The highest BCUT2D eigenvalue weighted by Crippen LogP contribution is 2.68. The number of carbonyl (C=O) groups excluding carboxylic acids is 8. The Kier molecular flexibility index (Phi) is 45.9. The maximum absolute atomic E-state index is 13.4. The molecule has 2 aliphatic rings. The Morgan fingerprint density at radius 1 is 0.638 bits per heavy atom. The zero-order chi connectivity index (χ0) is 94.6. The maximum Gasteiger partial charge on any atom is 0.490 e. The number of ether oxygens (including phenoxy) is 4. The second-order valence-corrected chi connectivity index (χ2v) is 41.8. The van der Waals surface area contributed by atoms with Crippen molar-refractivity contribution in [2.24, 2.45) is 11.8 Å². The van der Waals surface area contributed by atoms with Gasteiger partial charge in [0.2, 0.25) is 29.6 Å². The van der Waals surface area contributed by atoms with Crippen LogP contribution in [0.15, 0.2) is 23.6 Å². The molecule has 2 fully saturated rings. The summed E-state index contributed by atoms with van der Waals surface area (Å²) in [4.78, 5) is 239. The number of hydrogen-bond acceptors (Lipinski definition) is 39. The molecule has 4 aromatic rings. The molecule has 0 saturated carbocycles. The van der Waals surface area contributed by atoms with E-state index in [4.69, 9.17) is 49.4 Å². The summed E-state index contributed by atoms with van der Waals surface area (Å²) in [6.45, 7) is 7.18. The molecule has 6 heterocycles. The zero-order valence-electron chi connectivity index (χ0n) is 67.4. The Morgan fingerprint density at radius 3 is 1.73 bits per heavy atom. The normalized spacial score (nSPS) is 20.0. The minimum Gasteiger partial charge on any atom is -0.481 e. The number of rotatable bonds is 54. The number of anilines is 2. The molecule has 17 unspecified atom stereocenters. The molecule has 4 aromatic heterocycles. The van der Waals surface area contributed by atoms with Crippen LogP contribution in [0.1, 0.15) is 157 Å². The van der Waals surface area contributed by atoms with Crippen LogP contribution in [0.2, 0.25) is 0 Å². The van der Waals surface area contributed by atoms with E-state index in [-0.39, 0.29) is 109 Å². The van der Waals surface area contributed by atoms with Crippen LogP contribution in [0, 0.1) is 11.8 Å². The number of aliphatic hydroxyl groups is 2. The molecule has 0 spiro atoms. The minimum atomic E-state index is -5.82. The number of nitrogens with two attached hydrogens (primary N) is 1. The Hall–Kier alpha value is -6.80. The predicted molar refractivity (Wildman–Crippen MR) is 447 cm³/mol. The Bertz CT molecular complexity index is 4850. The van der Waals surface area contributed by atoms with E-state index in [1.807, 2.05) is 0 Å². The summed E-state index contributed by atoms with van der Waals surface area (Å²) in [5.74, 6) is -7.50. The summed E-state index contributed by atoms with van der Waals surface area (Å²) in [6.07, 6.45) is -5.61. The fourth-order valence-corrected chi connectivity index (χ4v) is 22.2. The molecule has 0 radical (unpaired) electrons. The van der Waals surface area contributed by atoms with Gasteiger partial charge in [0.15, 0.2) is 22.8 Å². The molecule has 718 valence electrons. The highest BCUT2D eigenvalue weighted by Gasteiger charge is 2.46. The van der Waals surface area contributed by atoms with Crippen LogP contribution in [0.5, 0.6) is 0 Å². The van der Waals surface area contributed by atoms with Crippen molar-refractivity contribution < 1.29 is 190 Å². The third-order valence-corrected chi connectivity index (χ3v) is 30.0. The Labute approximate surface area is 737 Å². The van der Waals surface area contributed by atoms with Crippen molar-refractivity contribution in [1.82, 2.24) is 55.3 Å². The van der Waals surface area contributed by atoms with Gasteiger partial charge >= 0.3 is 77.0 Å². The van der Waals surface area contributed by atoms with Gasteiger partial charge in [0.25, 0.3) is 5.56 Å². The average Bonchev–Trinajstić information content (AvgIpc) is 1.60. The van der Waals surface area contributed by atoms with Crippen molar-refractivity contribution in [1.29, 1.82) is 0 Å². The van der Waals surface area contributed by atoms with Gasteiger partial charge < -0.3 is 111 Å². The van der Waals surface area contributed by atoms with Gasteiger partial charge in [0.05, 0.1) is 62.2 Å². The van der Waals surface area contributed by atoms with E-state index in [2.05, 4.69) is 77.8 Å². The number of phosphoric acid groups is 6. The number of unbranched alkanes of at least 4 members (excludes halogenated alkanes) is 2. The molecule has 2 aliphatic heterocycles. The van der Waals surface area contributed by atoms with Crippen molar-refractivity contribution in [3.8, 4) is 0 Å². The zero-order valence-corrected chi connectivity index (χ0v) is 76.0. The van der Waals surface area contributed by atoms with E-state index >= 15 is 0 Å². The largest absolute Gasteiger partial charge is 0.490 e. The van der Waals surface area contributed by atoms with Gasteiger partial charge in [-0.05, 0) is 58.8 Å². The molecule has 5 amide bonds. The first-order valence-corrected chi connectivity index (χ1v) is 51.4. The number of aliphatic carboxylic acids is 3. The van der Waals surface area contributed by atoms with Crippen LogP contribution in [-0.2, 0) is 116 Å². The Balaban J connectivity index is 0.000000528. The fourth-order valence-electron chi connectivity index (χ4n) is 11.5. The first-order chi connectivity index (χ1) is 58.6. The number of aromatic amines is 1. The average molecular weight is 2010 g/mol. The highest BCUT2D eigenvalue weighted by molar-refractivity contribution is 8.77. The number of fused-ring (bicyclic) bond motifs is 2. The summed E-state index contributed by atoms with van der Waals surface area (Å²) in [5, 5.41) is 61.3. The number of aliphatic hydroxyl groups excluding tert-OH is 2. The summed E-state index contributed by atoms with van der Waals surface area (Å²) in [6, 6.07) is -3.10. The molecule has 127 heavy (non-hydrogen) atoms. The number of Topliss-reactive ketones (excluding diaryl/α,β-unsaturated/α-hetero) is 2. The predicted octanol–water partition coefficient (Wildman–Crippen LogP) is 4.32. The number of hydrogen-bond donors (Lipinski definition) is 20. The number of phosphoric ester groups is 2. The number of nitrogens with zero attached hydrogens (tertiary/aromatic N) is 6. The van der Waals surface area contributed by atoms with E-state index in [0.717, 1.165) is 17.1 Å². The standard InChI is InChI=1S/C31H50N7O19P3S2.C31H47N6O22P3S2.CH4/c1-18(30(43)44)12-21(40)8-5-4-6-10-32-29(42)22(36-20(3)39)9-7-11-61-62-15-19(2)54-31(45)37-27-26-28(34-16-33-27)38(17-35-26)25-13-23(41)24(55-25)14-53-59(49,50)57-60(51,52)56-58(46,47)48;1-4-18(29(45)46)34-27(43)16(9-24(41)42)8-20(39)19(33-15(3)38)6-5-7-63-64-13-14(2)56-31(47)37-11-17(25-26(37)28(44)36-30(32)35-25)22-10-21(40)23(57-22)12-55-61(51,52)59-62(53,54)58-60(48,49)50;/h16-19,22-25,41H,4-15H2,1-3H3,(H,32,42)(H,36,39)(H,43,44)(H,49,50)(H,51,52)(H2,46,47,48)(H,33,34,37,45);11,14,16,18-19,21-23,40H,4-10,12-13H2,1-3H3,(H,33,38)(H,34,43)(H,41,42)(H,45,46)(H,51,52)(H,53,54)(H2,48,49,50)(H3,32,35,36,44);1H4. The van der Waals surface area contributed by atoms with E-state index in [0.29, 0.717) is 62.3 Å². The lowest BCUT2D eigenvalue weighted by Crippen LogP contribution is -2.46. The number of carboxylic acids is 3. The molecule has 0 aromatic carbocycles. The lowest BCUT2D eigenvalue weighted by molar-refractivity contribution is -0.145. The number of imidazole rings is 1. The van der Waals surface area contributed by atoms with Crippen LogP contribution in [-0.4, -0.2) is 262 Å². The first-order valence-electron chi connectivity index (χ1n) is 37.4. The summed E-state index contributed by atoms with van der Waals surface area (Å²) >= 11 is 0. The smallest absolute Gasteiger partial charge is 0.481 e. The van der Waals surface area contributed by atoms with Gasteiger partial charge in [-0.1, -0.05) is 70.9 Å². The van der Waals surface area contributed by atoms with Gasteiger partial charge in [-0.15, -0.1) is 0 Å². The number of amides is 5. The number of ketones is 2. The molecule has 21 N–H and O–H groups in total. The first kappa shape index (κ1) is 113. The van der Waals surface area contributed by atoms with Crippen LogP contribution in [0.4, 0.5) is 21.4 Å². The third-order valence-electron chi connectivity index (χ3n) is 17.1. The number of carboxylic acid groups (broad SMARTS) is 3. The summed E-state index contributed by atoms with van der Waals surface area (Å²) < 4.78 is 117. The quantitative estimate of drug-likeness (QED) is 0.0166. The third kappa shape index (κ3) is 40.4. The van der Waals surface area contributed by atoms with E-state index in [1.54, 1.807) is 13.8 Å². The fraction of sp³-hybridized carbons (Fsp3) is 0.651. The number of nitrogen functional groups attached to an aromatic ring is 1. The van der Waals surface area contributed by atoms with Crippen molar-refractivity contribution in [2.45, 2.75) is 206 Å². The lowest BCUT2D eigenvalue weighted by atomic mass is 9.92. The van der Waals surface area contributed by atoms with Crippen molar-refractivity contribution in [2.75, 3.05) is 53.8 Å². The van der Waals surface area contributed by atoms with Crippen LogP contribution >= 0.6 is 90.1 Å².